The van der Waals surface area contributed by atoms with Crippen molar-refractivity contribution in [2.45, 2.75) is 149 Å². The molecule has 0 aliphatic carbocycles. The minimum Gasteiger partial charge on any atom is -0.550 e. The fraction of sp³-hybridized carbons (Fsp3) is 0.962. The van der Waals surface area contributed by atoms with E-state index in [9.17, 15) is 9.90 Å². The third-order valence-electron chi connectivity index (χ3n) is 6.22. The van der Waals surface area contributed by atoms with Crippen molar-refractivity contribution >= 4 is 5.97 Å². The minimum absolute atomic E-state index is 0. The van der Waals surface area contributed by atoms with E-state index in [-0.39, 0.29) is 36.0 Å². The van der Waals surface area contributed by atoms with E-state index in [2.05, 4.69) is 25.7 Å². The van der Waals surface area contributed by atoms with Crippen molar-refractivity contribution < 1.29 is 39.5 Å². The summed E-state index contributed by atoms with van der Waals surface area (Å²) in [5.41, 5.74) is 0. The Morgan fingerprint density at radius 3 is 1.40 bits per heavy atom. The van der Waals surface area contributed by atoms with Crippen LogP contribution in [-0.4, -0.2) is 30.0 Å². The molecule has 0 spiro atoms. The molecule has 1 unspecified atom stereocenters. The third-order valence-corrected chi connectivity index (χ3v) is 6.22. The summed E-state index contributed by atoms with van der Waals surface area (Å²) in [5, 5.41) is 10.7. The molecular formula is C26H52NNaO2. The first kappa shape index (κ1) is 32.6. The molecule has 0 N–H and O–H groups in total. The molecule has 0 bridgehead atoms. The number of carboxylic acid groups (broad SMARTS) is 1. The Kier molecular flexibility index (Phi) is 27.9. The van der Waals surface area contributed by atoms with Gasteiger partial charge in [0.1, 0.15) is 0 Å². The Morgan fingerprint density at radius 1 is 0.667 bits per heavy atom. The SMILES string of the molecule is CCCCCCCCCCN(CCCCCCCCCC)C(C)CCCC(=O)[O-].[Na+]. The number of carbonyl (C=O) groups excluding carboxylic acids is 1. The number of carbonyl (C=O) groups is 1. The van der Waals surface area contributed by atoms with Crippen LogP contribution in [0, 0.1) is 0 Å². The molecule has 3 nitrogen and oxygen atoms in total. The van der Waals surface area contributed by atoms with E-state index in [1.807, 2.05) is 0 Å². The Morgan fingerprint density at radius 2 is 1.03 bits per heavy atom. The van der Waals surface area contributed by atoms with Gasteiger partial charge in [0.25, 0.3) is 0 Å². The van der Waals surface area contributed by atoms with Crippen molar-refractivity contribution in [1.29, 1.82) is 0 Å². The summed E-state index contributed by atoms with van der Waals surface area (Å²) in [6.07, 6.45) is 23.7. The van der Waals surface area contributed by atoms with Gasteiger partial charge < -0.3 is 14.8 Å². The molecule has 0 fully saturated rings. The first-order valence-corrected chi connectivity index (χ1v) is 13.1. The molecule has 0 aliphatic heterocycles. The Balaban J connectivity index is 0. The van der Waals surface area contributed by atoms with Crippen molar-refractivity contribution in [3.63, 3.8) is 0 Å². The van der Waals surface area contributed by atoms with Gasteiger partial charge in [0.2, 0.25) is 0 Å². The minimum atomic E-state index is -0.908. The van der Waals surface area contributed by atoms with E-state index in [0.29, 0.717) is 6.04 Å². The van der Waals surface area contributed by atoms with Crippen molar-refractivity contribution in [1.82, 2.24) is 4.90 Å². The molecule has 0 heterocycles. The molecule has 30 heavy (non-hydrogen) atoms. The van der Waals surface area contributed by atoms with Gasteiger partial charge in [-0.15, -0.1) is 0 Å². The first-order chi connectivity index (χ1) is 14.1. The number of rotatable bonds is 23. The first-order valence-electron chi connectivity index (χ1n) is 13.1. The maximum Gasteiger partial charge on any atom is 1.00 e. The van der Waals surface area contributed by atoms with Crippen LogP contribution in [0.1, 0.15) is 143 Å². The summed E-state index contributed by atoms with van der Waals surface area (Å²) in [6, 6.07) is 0.489. The van der Waals surface area contributed by atoms with Crippen molar-refractivity contribution in [2.24, 2.45) is 0 Å². The topological polar surface area (TPSA) is 43.4 Å². The van der Waals surface area contributed by atoms with Crippen molar-refractivity contribution in [3.8, 4) is 0 Å². The monoisotopic (exact) mass is 433 g/mol. The molecule has 0 aromatic heterocycles. The molecule has 0 saturated carbocycles. The maximum absolute atomic E-state index is 10.7. The zero-order chi connectivity index (χ0) is 21.6. The van der Waals surface area contributed by atoms with Gasteiger partial charge in [-0.3, -0.25) is 0 Å². The fourth-order valence-electron chi connectivity index (χ4n) is 4.17. The van der Waals surface area contributed by atoms with Gasteiger partial charge in [-0.25, -0.2) is 0 Å². The van der Waals surface area contributed by atoms with Gasteiger partial charge in [0, 0.05) is 12.0 Å². The van der Waals surface area contributed by atoms with Gasteiger partial charge in [0.05, 0.1) is 0 Å². The van der Waals surface area contributed by atoms with Crippen LogP contribution in [-0.2, 0) is 4.79 Å². The summed E-state index contributed by atoms with van der Waals surface area (Å²) in [5.74, 6) is -0.908. The second-order valence-corrected chi connectivity index (χ2v) is 9.10. The standard InChI is InChI=1S/C26H53NO2.Na/c1-4-6-8-10-12-14-16-18-23-27(25(3)21-20-22-26(28)29)24-19-17-15-13-11-9-7-5-2;/h25H,4-24H2,1-3H3,(H,28,29);/q;+1/p-1. The van der Waals surface area contributed by atoms with Gasteiger partial charge in [-0.05, 0) is 52.1 Å². The molecule has 0 aromatic carbocycles. The Bertz CT molecular complexity index is 332. The molecule has 1 atom stereocenters. The molecule has 0 amide bonds. The molecular weight excluding hydrogens is 381 g/mol. The van der Waals surface area contributed by atoms with Crippen LogP contribution in [0.15, 0.2) is 0 Å². The second kappa shape index (κ2) is 25.7. The number of hydrogen-bond donors (Lipinski definition) is 0. The normalized spacial score (nSPS) is 12.1. The zero-order valence-corrected chi connectivity index (χ0v) is 23.2. The molecule has 174 valence electrons. The third kappa shape index (κ3) is 23.1. The van der Waals surface area contributed by atoms with E-state index in [1.54, 1.807) is 0 Å². The molecule has 0 rings (SSSR count). The van der Waals surface area contributed by atoms with Gasteiger partial charge >= 0.3 is 29.6 Å². The van der Waals surface area contributed by atoms with Crippen molar-refractivity contribution in [3.05, 3.63) is 0 Å². The predicted octanol–water partition coefficient (Wildman–Crippen LogP) is 3.88. The maximum atomic E-state index is 10.7. The quantitative estimate of drug-likeness (QED) is 0.181. The van der Waals surface area contributed by atoms with E-state index in [1.165, 1.54) is 116 Å². The Hall–Kier alpha value is 0.430. The number of carboxylic acids is 1. The largest absolute Gasteiger partial charge is 1.00 e. The van der Waals surface area contributed by atoms with E-state index in [4.69, 9.17) is 0 Å². The van der Waals surface area contributed by atoms with E-state index < -0.39 is 5.97 Å². The average molecular weight is 434 g/mol. The number of aliphatic carboxylic acids is 1. The van der Waals surface area contributed by atoms with Crippen LogP contribution in [0.2, 0.25) is 0 Å². The van der Waals surface area contributed by atoms with Crippen LogP contribution in [0.25, 0.3) is 0 Å². The number of unbranched alkanes of at least 4 members (excludes halogenated alkanes) is 14. The molecule has 4 heteroatoms. The van der Waals surface area contributed by atoms with Crippen LogP contribution < -0.4 is 34.7 Å². The summed E-state index contributed by atoms with van der Waals surface area (Å²) in [7, 11) is 0. The average Bonchev–Trinajstić information content (AvgIpc) is 2.69. The summed E-state index contributed by atoms with van der Waals surface area (Å²) >= 11 is 0. The van der Waals surface area contributed by atoms with Crippen LogP contribution in [0.4, 0.5) is 0 Å². The van der Waals surface area contributed by atoms with Crippen LogP contribution >= 0.6 is 0 Å². The molecule has 0 saturated heterocycles. The predicted molar refractivity (Wildman–Crippen MR) is 125 cm³/mol. The summed E-state index contributed by atoms with van der Waals surface area (Å²) in [4.78, 5) is 13.3. The molecule has 0 aliphatic rings. The van der Waals surface area contributed by atoms with Crippen LogP contribution in [0.5, 0.6) is 0 Å². The second-order valence-electron chi connectivity index (χ2n) is 9.10. The van der Waals surface area contributed by atoms with Gasteiger partial charge in [-0.1, -0.05) is 104 Å². The summed E-state index contributed by atoms with van der Waals surface area (Å²) in [6.45, 7) is 9.19. The fourth-order valence-corrected chi connectivity index (χ4v) is 4.17. The Labute approximate surface area is 211 Å². The number of nitrogens with zero attached hydrogens (tertiary/aromatic N) is 1. The van der Waals surface area contributed by atoms with E-state index >= 15 is 0 Å². The smallest absolute Gasteiger partial charge is 0.550 e. The molecule has 0 radical (unpaired) electrons. The zero-order valence-electron chi connectivity index (χ0n) is 21.2. The van der Waals surface area contributed by atoms with Crippen molar-refractivity contribution in [2.75, 3.05) is 13.1 Å². The number of hydrogen-bond acceptors (Lipinski definition) is 3. The van der Waals surface area contributed by atoms with E-state index in [0.717, 1.165) is 12.8 Å². The van der Waals surface area contributed by atoms with Crippen LogP contribution in [0.3, 0.4) is 0 Å². The van der Waals surface area contributed by atoms with Gasteiger partial charge in [0.15, 0.2) is 0 Å². The van der Waals surface area contributed by atoms with Gasteiger partial charge in [-0.2, -0.15) is 0 Å². The summed E-state index contributed by atoms with van der Waals surface area (Å²) < 4.78 is 0. The molecule has 0 aromatic rings.